The highest BCUT2D eigenvalue weighted by molar-refractivity contribution is 7.99. The molecule has 0 aliphatic rings. The highest BCUT2D eigenvalue weighted by atomic mass is 35.5. The van der Waals surface area contributed by atoms with Gasteiger partial charge in [-0.05, 0) is 55.5 Å². The largest absolute Gasteiger partial charge is 0.497 e. The Kier molecular flexibility index (Phi) is 7.04. The molecule has 4 aromatic rings. The van der Waals surface area contributed by atoms with E-state index >= 15 is 0 Å². The molecule has 162 valence electrons. The number of methoxy groups -OCH3 is 1. The van der Waals surface area contributed by atoms with E-state index in [2.05, 4.69) is 20.5 Å². The van der Waals surface area contributed by atoms with Gasteiger partial charge in [-0.25, -0.2) is 4.98 Å². The molecule has 0 unspecified atom stereocenters. The summed E-state index contributed by atoms with van der Waals surface area (Å²) in [5.41, 5.74) is 3.35. The van der Waals surface area contributed by atoms with Gasteiger partial charge in [-0.3, -0.25) is 4.79 Å². The zero-order chi connectivity index (χ0) is 22.5. The molecule has 0 aliphatic heterocycles. The summed E-state index contributed by atoms with van der Waals surface area (Å²) >= 11 is 8.75. The molecule has 0 fully saturated rings. The van der Waals surface area contributed by atoms with E-state index < -0.39 is 0 Å². The molecule has 9 heteroatoms. The van der Waals surface area contributed by atoms with Crippen LogP contribution in [-0.2, 0) is 4.79 Å². The number of carbonyl (C=O) groups is 1. The Bertz CT molecular complexity index is 1230. The first-order valence-electron chi connectivity index (χ1n) is 9.66. The van der Waals surface area contributed by atoms with Crippen LogP contribution in [0.5, 0.6) is 5.75 Å². The summed E-state index contributed by atoms with van der Waals surface area (Å²) in [6.07, 6.45) is 0. The van der Waals surface area contributed by atoms with Crippen molar-refractivity contribution in [1.82, 2.24) is 15.2 Å². The van der Waals surface area contributed by atoms with E-state index in [0.29, 0.717) is 15.7 Å². The van der Waals surface area contributed by atoms with Gasteiger partial charge in [0.2, 0.25) is 5.91 Å². The van der Waals surface area contributed by atoms with E-state index in [1.807, 2.05) is 43.3 Å². The number of thiazole rings is 1. The topological polar surface area (TPSA) is 77.0 Å². The molecular weight excluding hydrogens is 464 g/mol. The lowest BCUT2D eigenvalue weighted by Crippen LogP contribution is -2.14. The number of hydrogen-bond acceptors (Lipinski definition) is 7. The number of rotatable bonds is 7. The molecule has 0 spiro atoms. The molecule has 0 saturated heterocycles. The molecule has 6 nitrogen and oxygen atoms in total. The molecule has 2 heterocycles. The summed E-state index contributed by atoms with van der Waals surface area (Å²) < 4.78 is 5.31. The van der Waals surface area contributed by atoms with E-state index in [4.69, 9.17) is 16.3 Å². The maximum Gasteiger partial charge on any atom is 0.234 e. The van der Waals surface area contributed by atoms with Crippen molar-refractivity contribution in [2.75, 3.05) is 18.2 Å². The molecule has 32 heavy (non-hydrogen) atoms. The van der Waals surface area contributed by atoms with Gasteiger partial charge in [0, 0.05) is 16.3 Å². The number of ether oxygens (including phenoxy) is 1. The number of carbonyl (C=O) groups excluding carboxylic acids is 1. The number of hydrogen-bond donors (Lipinski definition) is 1. The second-order valence-electron chi connectivity index (χ2n) is 6.77. The van der Waals surface area contributed by atoms with Gasteiger partial charge in [0.05, 0.1) is 23.4 Å². The molecule has 0 atom stereocenters. The number of anilines is 1. The third-order valence-electron chi connectivity index (χ3n) is 4.47. The van der Waals surface area contributed by atoms with Crippen molar-refractivity contribution < 1.29 is 9.53 Å². The maximum absolute atomic E-state index is 12.2. The Labute approximate surface area is 199 Å². The highest BCUT2D eigenvalue weighted by Crippen LogP contribution is 2.35. The lowest BCUT2D eigenvalue weighted by atomic mass is 10.2. The first kappa shape index (κ1) is 22.3. The summed E-state index contributed by atoms with van der Waals surface area (Å²) in [6, 6.07) is 18.6. The number of nitrogens with one attached hydrogen (secondary N) is 1. The monoisotopic (exact) mass is 482 g/mol. The minimum Gasteiger partial charge on any atom is -0.497 e. The van der Waals surface area contributed by atoms with Crippen molar-refractivity contribution in [2.45, 2.75) is 11.9 Å². The van der Waals surface area contributed by atoms with Crippen LogP contribution >= 0.6 is 34.7 Å². The van der Waals surface area contributed by atoms with Gasteiger partial charge in [0.1, 0.15) is 21.5 Å². The zero-order valence-electron chi connectivity index (χ0n) is 17.3. The number of amides is 1. The van der Waals surface area contributed by atoms with Crippen LogP contribution in [0.15, 0.2) is 65.7 Å². The summed E-state index contributed by atoms with van der Waals surface area (Å²) in [5.74, 6) is 0.901. The zero-order valence-corrected chi connectivity index (χ0v) is 19.7. The molecule has 4 rings (SSSR count). The van der Waals surface area contributed by atoms with E-state index in [9.17, 15) is 4.79 Å². The van der Waals surface area contributed by atoms with E-state index in [-0.39, 0.29) is 11.7 Å². The van der Waals surface area contributed by atoms with Gasteiger partial charge >= 0.3 is 0 Å². The Morgan fingerprint density at radius 2 is 1.94 bits per heavy atom. The van der Waals surface area contributed by atoms with Crippen molar-refractivity contribution >= 4 is 46.3 Å². The fraction of sp³-hybridized carbons (Fsp3) is 0.130. The van der Waals surface area contributed by atoms with Gasteiger partial charge in [-0.2, -0.15) is 0 Å². The molecule has 1 N–H and O–H groups in total. The minimum atomic E-state index is -0.121. The third kappa shape index (κ3) is 5.45. The molecule has 1 amide bonds. The van der Waals surface area contributed by atoms with Crippen molar-refractivity contribution in [3.05, 3.63) is 71.4 Å². The average Bonchev–Trinajstić information content (AvgIpc) is 3.21. The van der Waals surface area contributed by atoms with Crippen LogP contribution < -0.4 is 10.1 Å². The molecule has 0 aliphatic carbocycles. The molecule has 0 radical (unpaired) electrons. The predicted octanol–water partition coefficient (Wildman–Crippen LogP) is 5.97. The Balaban J connectivity index is 1.40. The summed E-state index contributed by atoms with van der Waals surface area (Å²) in [6.45, 7) is 1.96. The summed E-state index contributed by atoms with van der Waals surface area (Å²) in [4.78, 5) is 17.8. The van der Waals surface area contributed by atoms with Crippen molar-refractivity contribution in [1.29, 1.82) is 0 Å². The quantitative estimate of drug-likeness (QED) is 0.327. The summed E-state index contributed by atoms with van der Waals surface area (Å²) in [5, 5.41) is 13.6. The van der Waals surface area contributed by atoms with Crippen LogP contribution in [0, 0.1) is 6.92 Å². The van der Waals surface area contributed by atoms with Crippen molar-refractivity contribution in [2.24, 2.45) is 0 Å². The lowest BCUT2D eigenvalue weighted by Gasteiger charge is -2.05. The SMILES string of the molecule is COc1cccc(-c2nc(C)c(-c3ccc(SCC(=O)Nc4ccc(Cl)cc4)nn3)s2)c1. The van der Waals surface area contributed by atoms with Crippen LogP contribution in [-0.4, -0.2) is 34.0 Å². The lowest BCUT2D eigenvalue weighted by molar-refractivity contribution is -0.113. The first-order chi connectivity index (χ1) is 15.5. The van der Waals surface area contributed by atoms with Crippen molar-refractivity contribution in [3.63, 3.8) is 0 Å². The second-order valence-corrected chi connectivity index (χ2v) is 9.20. The number of halogens is 1. The number of nitrogens with zero attached hydrogens (tertiary/aromatic N) is 3. The smallest absolute Gasteiger partial charge is 0.234 e. The van der Waals surface area contributed by atoms with Crippen molar-refractivity contribution in [3.8, 4) is 26.9 Å². The summed E-state index contributed by atoms with van der Waals surface area (Å²) in [7, 11) is 1.65. The van der Waals surface area contributed by atoms with Gasteiger partial charge < -0.3 is 10.1 Å². The van der Waals surface area contributed by atoms with Crippen LogP contribution in [0.2, 0.25) is 5.02 Å². The number of aromatic nitrogens is 3. The molecule has 2 aromatic carbocycles. The van der Waals surface area contributed by atoms with Gasteiger partial charge in [-0.15, -0.1) is 21.5 Å². The third-order valence-corrected chi connectivity index (χ3v) is 6.87. The maximum atomic E-state index is 12.2. The van der Waals surface area contributed by atoms with Crippen LogP contribution in [0.3, 0.4) is 0 Å². The first-order valence-corrected chi connectivity index (χ1v) is 11.8. The van der Waals surface area contributed by atoms with E-state index in [1.54, 1.807) is 42.7 Å². The van der Waals surface area contributed by atoms with Crippen LogP contribution in [0.4, 0.5) is 5.69 Å². The predicted molar refractivity (Wildman–Crippen MR) is 131 cm³/mol. The normalized spacial score (nSPS) is 10.7. The number of benzene rings is 2. The minimum absolute atomic E-state index is 0.121. The van der Waals surface area contributed by atoms with Crippen LogP contribution in [0.1, 0.15) is 5.69 Å². The fourth-order valence-corrected chi connectivity index (χ4v) is 4.67. The van der Waals surface area contributed by atoms with E-state index in [0.717, 1.165) is 32.6 Å². The Hall–Kier alpha value is -2.94. The molecule has 2 aromatic heterocycles. The Morgan fingerprint density at radius 1 is 1.12 bits per heavy atom. The standard InChI is InChI=1S/C23H19ClN4O2S2/c1-14-22(32-23(25-14)15-4-3-5-18(12-15)30-2)19-10-11-21(28-27-19)31-13-20(29)26-17-8-6-16(24)7-9-17/h3-12H,13H2,1-2H3,(H,26,29). The molecule has 0 saturated carbocycles. The van der Waals surface area contributed by atoms with Crippen LogP contribution in [0.25, 0.3) is 21.1 Å². The second kappa shape index (κ2) is 10.1. The highest BCUT2D eigenvalue weighted by Gasteiger charge is 2.14. The fourth-order valence-electron chi connectivity index (χ4n) is 2.90. The molecule has 0 bridgehead atoms. The van der Waals surface area contributed by atoms with Gasteiger partial charge in [0.15, 0.2) is 0 Å². The number of aryl methyl sites for hydroxylation is 1. The Morgan fingerprint density at radius 3 is 2.66 bits per heavy atom. The van der Waals surface area contributed by atoms with E-state index in [1.165, 1.54) is 11.8 Å². The average molecular weight is 483 g/mol. The van der Waals surface area contributed by atoms with Gasteiger partial charge in [-0.1, -0.05) is 35.5 Å². The van der Waals surface area contributed by atoms with Gasteiger partial charge in [0.25, 0.3) is 0 Å². The number of thioether (sulfide) groups is 1. The molecular formula is C23H19ClN4O2S2.